The highest BCUT2D eigenvalue weighted by Gasteiger charge is 2.23. The highest BCUT2D eigenvalue weighted by molar-refractivity contribution is 7.90. The van der Waals surface area contributed by atoms with Gasteiger partial charge in [0.05, 0.1) is 18.3 Å². The molecule has 0 aliphatic carbocycles. The van der Waals surface area contributed by atoms with Gasteiger partial charge in [0.15, 0.2) is 0 Å². The lowest BCUT2D eigenvalue weighted by Crippen LogP contribution is -2.38. The summed E-state index contributed by atoms with van der Waals surface area (Å²) in [4.78, 5) is 11.9. The largest absolute Gasteiger partial charge is 0.377 e. The van der Waals surface area contributed by atoms with Crippen molar-refractivity contribution in [3.63, 3.8) is 0 Å². The lowest BCUT2D eigenvalue weighted by molar-refractivity contribution is -0.118. The molecule has 1 aliphatic rings. The van der Waals surface area contributed by atoms with Crippen LogP contribution >= 0.6 is 0 Å². The zero-order valence-electron chi connectivity index (χ0n) is 12.2. The molecule has 0 spiro atoms. The van der Waals surface area contributed by atoms with Crippen LogP contribution in [0.15, 0.2) is 24.3 Å². The van der Waals surface area contributed by atoms with Gasteiger partial charge >= 0.3 is 0 Å². The first-order valence-electron chi connectivity index (χ1n) is 7.16. The Morgan fingerprint density at radius 3 is 2.76 bits per heavy atom. The number of aryl methyl sites for hydroxylation is 1. The zero-order valence-corrected chi connectivity index (χ0v) is 13.0. The predicted octanol–water partition coefficient (Wildman–Crippen LogP) is 1.55. The van der Waals surface area contributed by atoms with E-state index in [2.05, 4.69) is 4.72 Å². The maximum Gasteiger partial charge on any atom is 0.237 e. The maximum absolute atomic E-state index is 12.0. The maximum atomic E-state index is 12.0. The second-order valence-electron chi connectivity index (χ2n) is 5.40. The number of nitrogens with one attached hydrogen (secondary N) is 1. The number of hydrogen-bond acceptors (Lipinski definition) is 4. The van der Waals surface area contributed by atoms with E-state index in [0.717, 1.165) is 30.4 Å². The molecule has 0 saturated carbocycles. The Kier molecular flexibility index (Phi) is 5.36. The minimum Gasteiger partial charge on any atom is -0.377 e. The van der Waals surface area contributed by atoms with Gasteiger partial charge in [-0.25, -0.2) is 8.42 Å². The van der Waals surface area contributed by atoms with Crippen LogP contribution in [0.2, 0.25) is 0 Å². The highest BCUT2D eigenvalue weighted by atomic mass is 32.2. The number of amides is 1. The number of sulfonamides is 1. The molecule has 1 aromatic carbocycles. The number of rotatable bonds is 5. The number of carbonyl (C=O) groups is 1. The topological polar surface area (TPSA) is 72.5 Å². The number of hydrogen-bond donors (Lipinski definition) is 1. The molecule has 1 unspecified atom stereocenters. The zero-order chi connectivity index (χ0) is 15.3. The van der Waals surface area contributed by atoms with E-state index in [9.17, 15) is 13.2 Å². The first kappa shape index (κ1) is 16.0. The van der Waals surface area contributed by atoms with Gasteiger partial charge in [-0.1, -0.05) is 24.3 Å². The summed E-state index contributed by atoms with van der Waals surface area (Å²) < 4.78 is 31.5. The van der Waals surface area contributed by atoms with Crippen LogP contribution in [-0.2, 0) is 26.0 Å². The Hall–Kier alpha value is -1.40. The van der Waals surface area contributed by atoms with Crippen molar-refractivity contribution in [3.8, 4) is 0 Å². The minimum atomic E-state index is -3.64. The Morgan fingerprint density at radius 2 is 2.10 bits per heavy atom. The van der Waals surface area contributed by atoms with Crippen LogP contribution in [-0.4, -0.2) is 32.8 Å². The molecule has 1 heterocycles. The average molecular weight is 311 g/mol. The van der Waals surface area contributed by atoms with E-state index in [4.69, 9.17) is 4.74 Å². The third kappa shape index (κ3) is 5.13. The fourth-order valence-electron chi connectivity index (χ4n) is 2.42. The van der Waals surface area contributed by atoms with E-state index in [1.165, 1.54) is 0 Å². The molecule has 21 heavy (non-hydrogen) atoms. The summed E-state index contributed by atoms with van der Waals surface area (Å²) >= 11 is 0. The second kappa shape index (κ2) is 7.04. The second-order valence-corrected chi connectivity index (χ2v) is 7.17. The Balaban J connectivity index is 1.90. The standard InChI is InChI=1S/C15H21NO4S/c1-12-6-2-3-7-13(12)10-15(17)16-21(18,19)11-14-8-4-5-9-20-14/h2-3,6-7,14H,4-5,8-11H2,1H3,(H,16,17). The molecule has 0 aromatic heterocycles. The van der Waals surface area contributed by atoms with Crippen molar-refractivity contribution in [2.75, 3.05) is 12.4 Å². The van der Waals surface area contributed by atoms with Gasteiger partial charge in [0.2, 0.25) is 15.9 Å². The molecule has 1 amide bonds. The summed E-state index contributed by atoms with van der Waals surface area (Å²) in [5.74, 6) is -0.646. The van der Waals surface area contributed by atoms with Gasteiger partial charge in [-0.2, -0.15) is 0 Å². The molecule has 1 fully saturated rings. The van der Waals surface area contributed by atoms with E-state index in [1.54, 1.807) is 0 Å². The molecule has 2 rings (SSSR count). The quantitative estimate of drug-likeness (QED) is 0.895. The smallest absolute Gasteiger partial charge is 0.237 e. The van der Waals surface area contributed by atoms with E-state index in [1.807, 2.05) is 31.2 Å². The Labute approximate surface area is 125 Å². The van der Waals surface area contributed by atoms with E-state index in [-0.39, 0.29) is 18.3 Å². The summed E-state index contributed by atoms with van der Waals surface area (Å²) in [7, 11) is -3.64. The molecule has 1 N–H and O–H groups in total. The monoisotopic (exact) mass is 311 g/mol. The van der Waals surface area contributed by atoms with Crippen molar-refractivity contribution in [3.05, 3.63) is 35.4 Å². The van der Waals surface area contributed by atoms with Crippen molar-refractivity contribution in [1.82, 2.24) is 4.72 Å². The molecule has 1 aromatic rings. The van der Waals surface area contributed by atoms with Gasteiger partial charge in [0, 0.05) is 6.61 Å². The summed E-state index contributed by atoms with van der Waals surface area (Å²) in [5.41, 5.74) is 1.81. The molecule has 0 bridgehead atoms. The number of carbonyl (C=O) groups excluding carboxylic acids is 1. The van der Waals surface area contributed by atoms with Crippen LogP contribution in [0.25, 0.3) is 0 Å². The highest BCUT2D eigenvalue weighted by Crippen LogP contribution is 2.14. The van der Waals surface area contributed by atoms with Gasteiger partial charge in [-0.3, -0.25) is 9.52 Å². The van der Waals surface area contributed by atoms with Gasteiger partial charge < -0.3 is 4.74 Å². The number of ether oxygens (including phenoxy) is 1. The Morgan fingerprint density at radius 1 is 1.33 bits per heavy atom. The van der Waals surface area contributed by atoms with Crippen LogP contribution in [0, 0.1) is 6.92 Å². The normalized spacial score (nSPS) is 19.2. The van der Waals surface area contributed by atoms with Gasteiger partial charge in [0.25, 0.3) is 0 Å². The van der Waals surface area contributed by atoms with Gasteiger partial charge in [-0.05, 0) is 37.3 Å². The molecule has 6 heteroatoms. The van der Waals surface area contributed by atoms with Gasteiger partial charge in [0.1, 0.15) is 0 Å². The SMILES string of the molecule is Cc1ccccc1CC(=O)NS(=O)(=O)CC1CCCCO1. The molecule has 116 valence electrons. The number of benzene rings is 1. The minimum absolute atomic E-state index is 0.0669. The van der Waals surface area contributed by atoms with Crippen LogP contribution in [0.4, 0.5) is 0 Å². The lowest BCUT2D eigenvalue weighted by atomic mass is 10.1. The lowest BCUT2D eigenvalue weighted by Gasteiger charge is -2.22. The van der Waals surface area contributed by atoms with E-state index in [0.29, 0.717) is 6.61 Å². The average Bonchev–Trinajstić information content (AvgIpc) is 2.41. The molecular weight excluding hydrogens is 290 g/mol. The van der Waals surface area contributed by atoms with E-state index >= 15 is 0 Å². The molecule has 1 saturated heterocycles. The van der Waals surface area contributed by atoms with Crippen LogP contribution in [0.1, 0.15) is 30.4 Å². The third-order valence-corrected chi connectivity index (χ3v) is 4.91. The summed E-state index contributed by atoms with van der Waals surface area (Å²) in [6.07, 6.45) is 2.43. The third-order valence-electron chi connectivity index (χ3n) is 3.56. The van der Waals surface area contributed by atoms with Crippen LogP contribution in [0.3, 0.4) is 0 Å². The van der Waals surface area contributed by atoms with Gasteiger partial charge in [-0.15, -0.1) is 0 Å². The fourth-order valence-corrected chi connectivity index (χ4v) is 3.67. The van der Waals surface area contributed by atoms with Crippen molar-refractivity contribution >= 4 is 15.9 Å². The van der Waals surface area contributed by atoms with Crippen molar-refractivity contribution < 1.29 is 17.9 Å². The first-order chi connectivity index (χ1) is 9.96. The summed E-state index contributed by atoms with van der Waals surface area (Å²) in [5, 5.41) is 0. The first-order valence-corrected chi connectivity index (χ1v) is 8.81. The van der Waals surface area contributed by atoms with Crippen molar-refractivity contribution in [2.24, 2.45) is 0 Å². The fraction of sp³-hybridized carbons (Fsp3) is 0.533. The molecular formula is C15H21NO4S. The molecule has 0 radical (unpaired) electrons. The van der Waals surface area contributed by atoms with E-state index < -0.39 is 15.9 Å². The van der Waals surface area contributed by atoms with Crippen molar-refractivity contribution in [1.29, 1.82) is 0 Å². The summed E-state index contributed by atoms with van der Waals surface area (Å²) in [6.45, 7) is 2.49. The Bertz CT molecular complexity index is 591. The van der Waals surface area contributed by atoms with Crippen molar-refractivity contribution in [2.45, 2.75) is 38.7 Å². The molecule has 5 nitrogen and oxygen atoms in total. The van der Waals surface area contributed by atoms with Crippen LogP contribution in [0.5, 0.6) is 0 Å². The van der Waals surface area contributed by atoms with Crippen LogP contribution < -0.4 is 4.72 Å². The molecule has 1 atom stereocenters. The summed E-state index contributed by atoms with van der Waals surface area (Å²) in [6, 6.07) is 7.44. The predicted molar refractivity (Wildman–Crippen MR) is 80.4 cm³/mol. The molecule has 1 aliphatic heterocycles.